The van der Waals surface area contributed by atoms with E-state index in [1.54, 1.807) is 12.1 Å². The van der Waals surface area contributed by atoms with Crippen molar-refractivity contribution in [3.63, 3.8) is 0 Å². The summed E-state index contributed by atoms with van der Waals surface area (Å²) < 4.78 is 42.5. The van der Waals surface area contributed by atoms with Gasteiger partial charge in [-0.15, -0.1) is 0 Å². The Bertz CT molecular complexity index is 506. The van der Waals surface area contributed by atoms with E-state index in [2.05, 4.69) is 5.43 Å². The van der Waals surface area contributed by atoms with Gasteiger partial charge in [-0.1, -0.05) is 12.1 Å². The van der Waals surface area contributed by atoms with Gasteiger partial charge < -0.3 is 4.42 Å². The predicted octanol–water partition coefficient (Wildman–Crippen LogP) is 3.05. The van der Waals surface area contributed by atoms with Crippen molar-refractivity contribution < 1.29 is 17.6 Å². The van der Waals surface area contributed by atoms with Crippen LogP contribution in [-0.2, 0) is 12.6 Å². The highest BCUT2D eigenvalue weighted by atomic mass is 19.4. The molecule has 1 aromatic heterocycles. The SMILES string of the molecule is NNC(Cc1ccc(C(F)(F)F)cc1)c1ccco1. The van der Waals surface area contributed by atoms with Crippen LogP contribution in [0.5, 0.6) is 0 Å². The fourth-order valence-electron chi connectivity index (χ4n) is 1.80. The summed E-state index contributed by atoms with van der Waals surface area (Å²) in [5.41, 5.74) is 2.66. The molecule has 0 spiro atoms. The van der Waals surface area contributed by atoms with Crippen molar-refractivity contribution in [2.24, 2.45) is 5.84 Å². The first-order valence-corrected chi connectivity index (χ1v) is 5.66. The van der Waals surface area contributed by atoms with E-state index in [4.69, 9.17) is 10.3 Å². The van der Waals surface area contributed by atoms with Gasteiger partial charge in [-0.25, -0.2) is 5.43 Å². The second-order valence-corrected chi connectivity index (χ2v) is 4.13. The molecule has 19 heavy (non-hydrogen) atoms. The lowest BCUT2D eigenvalue weighted by Gasteiger charge is -2.14. The van der Waals surface area contributed by atoms with Crippen molar-refractivity contribution in [2.75, 3.05) is 0 Å². The minimum absolute atomic E-state index is 0.272. The zero-order valence-electron chi connectivity index (χ0n) is 9.95. The van der Waals surface area contributed by atoms with Crippen molar-refractivity contribution in [1.82, 2.24) is 5.43 Å². The maximum Gasteiger partial charge on any atom is 0.416 e. The van der Waals surface area contributed by atoms with Crippen LogP contribution in [0.15, 0.2) is 47.1 Å². The fraction of sp³-hybridized carbons (Fsp3) is 0.231. The molecule has 0 amide bonds. The Labute approximate surface area is 108 Å². The Morgan fingerprint density at radius 2 is 1.84 bits per heavy atom. The number of hydrogen-bond acceptors (Lipinski definition) is 3. The molecule has 0 saturated carbocycles. The molecule has 0 aliphatic carbocycles. The molecule has 0 bridgehead atoms. The van der Waals surface area contributed by atoms with Crippen molar-refractivity contribution in [3.05, 3.63) is 59.5 Å². The van der Waals surface area contributed by atoms with E-state index < -0.39 is 11.7 Å². The Morgan fingerprint density at radius 1 is 1.16 bits per heavy atom. The second kappa shape index (κ2) is 5.46. The molecule has 3 nitrogen and oxygen atoms in total. The van der Waals surface area contributed by atoms with E-state index in [0.29, 0.717) is 12.2 Å². The number of halogens is 3. The molecule has 0 radical (unpaired) electrons. The van der Waals surface area contributed by atoms with E-state index in [9.17, 15) is 13.2 Å². The normalized spacial score (nSPS) is 13.5. The standard InChI is InChI=1S/C13H13F3N2O/c14-13(15,16)10-5-3-9(4-6-10)8-11(18-17)12-2-1-7-19-12/h1-7,11,18H,8,17H2. The van der Waals surface area contributed by atoms with Crippen LogP contribution in [0.25, 0.3) is 0 Å². The van der Waals surface area contributed by atoms with E-state index >= 15 is 0 Å². The average Bonchev–Trinajstić information content (AvgIpc) is 2.89. The van der Waals surface area contributed by atoms with E-state index in [0.717, 1.165) is 17.7 Å². The maximum atomic E-state index is 12.4. The first kappa shape index (κ1) is 13.6. The summed E-state index contributed by atoms with van der Waals surface area (Å²) in [4.78, 5) is 0. The molecule has 1 heterocycles. The molecule has 1 unspecified atom stereocenters. The van der Waals surface area contributed by atoms with Crippen LogP contribution in [0.1, 0.15) is 22.9 Å². The van der Waals surface area contributed by atoms with Crippen LogP contribution in [0.2, 0.25) is 0 Å². The van der Waals surface area contributed by atoms with Gasteiger partial charge in [0, 0.05) is 0 Å². The summed E-state index contributed by atoms with van der Waals surface area (Å²) >= 11 is 0. The van der Waals surface area contributed by atoms with E-state index in [-0.39, 0.29) is 6.04 Å². The summed E-state index contributed by atoms with van der Waals surface area (Å²) in [6, 6.07) is 8.22. The molecule has 0 aliphatic rings. The van der Waals surface area contributed by atoms with Gasteiger partial charge in [-0.2, -0.15) is 13.2 Å². The summed E-state index contributed by atoms with van der Waals surface area (Å²) in [7, 11) is 0. The Hall–Kier alpha value is -1.79. The lowest BCUT2D eigenvalue weighted by Crippen LogP contribution is -2.29. The second-order valence-electron chi connectivity index (χ2n) is 4.13. The van der Waals surface area contributed by atoms with Gasteiger partial charge in [0.1, 0.15) is 5.76 Å². The minimum Gasteiger partial charge on any atom is -0.468 e. The van der Waals surface area contributed by atoms with Gasteiger partial charge in [0.25, 0.3) is 0 Å². The number of rotatable bonds is 4. The quantitative estimate of drug-likeness (QED) is 0.663. The number of nitrogens with one attached hydrogen (secondary N) is 1. The highest BCUT2D eigenvalue weighted by molar-refractivity contribution is 5.26. The Balaban J connectivity index is 2.11. The van der Waals surface area contributed by atoms with Crippen LogP contribution in [0, 0.1) is 0 Å². The Kier molecular flexibility index (Phi) is 3.92. The first-order chi connectivity index (χ1) is 9.00. The van der Waals surface area contributed by atoms with E-state index in [1.165, 1.54) is 18.4 Å². The van der Waals surface area contributed by atoms with Crippen molar-refractivity contribution in [2.45, 2.75) is 18.6 Å². The molecule has 102 valence electrons. The van der Waals surface area contributed by atoms with Crippen LogP contribution >= 0.6 is 0 Å². The van der Waals surface area contributed by atoms with E-state index in [1.807, 2.05) is 0 Å². The number of furan rings is 1. The average molecular weight is 270 g/mol. The predicted molar refractivity (Wildman–Crippen MR) is 63.9 cm³/mol. The number of alkyl halides is 3. The van der Waals surface area contributed by atoms with Crippen LogP contribution in [-0.4, -0.2) is 0 Å². The number of benzene rings is 1. The van der Waals surface area contributed by atoms with Crippen LogP contribution in [0.3, 0.4) is 0 Å². The lowest BCUT2D eigenvalue weighted by molar-refractivity contribution is -0.137. The van der Waals surface area contributed by atoms with Crippen LogP contribution < -0.4 is 11.3 Å². The monoisotopic (exact) mass is 270 g/mol. The van der Waals surface area contributed by atoms with Gasteiger partial charge in [0.05, 0.1) is 17.9 Å². The number of nitrogens with two attached hydrogens (primary N) is 1. The fourth-order valence-corrected chi connectivity index (χ4v) is 1.80. The summed E-state index contributed by atoms with van der Waals surface area (Å²) in [6.07, 6.45) is -2.35. The van der Waals surface area contributed by atoms with Gasteiger partial charge in [0.2, 0.25) is 0 Å². The maximum absolute atomic E-state index is 12.4. The van der Waals surface area contributed by atoms with Crippen molar-refractivity contribution in [3.8, 4) is 0 Å². The number of hydrogen-bond donors (Lipinski definition) is 2. The smallest absolute Gasteiger partial charge is 0.416 e. The highest BCUT2D eigenvalue weighted by Gasteiger charge is 2.30. The van der Waals surface area contributed by atoms with Crippen molar-refractivity contribution in [1.29, 1.82) is 0 Å². The zero-order chi connectivity index (χ0) is 13.9. The Morgan fingerprint density at radius 3 is 2.32 bits per heavy atom. The zero-order valence-corrected chi connectivity index (χ0v) is 9.95. The molecule has 1 atom stereocenters. The third kappa shape index (κ3) is 3.36. The molecule has 2 rings (SSSR count). The molecular weight excluding hydrogens is 257 g/mol. The molecule has 0 saturated heterocycles. The third-order valence-corrected chi connectivity index (χ3v) is 2.81. The summed E-state index contributed by atoms with van der Waals surface area (Å²) in [5, 5.41) is 0. The van der Waals surface area contributed by atoms with Gasteiger partial charge in [0.15, 0.2) is 0 Å². The molecule has 2 aromatic rings. The van der Waals surface area contributed by atoms with Crippen molar-refractivity contribution >= 4 is 0 Å². The summed E-state index contributed by atoms with van der Waals surface area (Å²) in [6.45, 7) is 0. The highest BCUT2D eigenvalue weighted by Crippen LogP contribution is 2.29. The molecule has 1 aromatic carbocycles. The molecular formula is C13H13F3N2O. The molecule has 3 N–H and O–H groups in total. The van der Waals surface area contributed by atoms with Crippen LogP contribution in [0.4, 0.5) is 13.2 Å². The summed E-state index contributed by atoms with van der Waals surface area (Å²) in [5.74, 6) is 6.06. The molecule has 6 heteroatoms. The lowest BCUT2D eigenvalue weighted by atomic mass is 10.0. The van der Waals surface area contributed by atoms with Gasteiger partial charge >= 0.3 is 6.18 Å². The van der Waals surface area contributed by atoms with Gasteiger partial charge in [-0.05, 0) is 36.2 Å². The van der Waals surface area contributed by atoms with Gasteiger partial charge in [-0.3, -0.25) is 5.84 Å². The minimum atomic E-state index is -4.31. The topological polar surface area (TPSA) is 51.2 Å². The largest absolute Gasteiger partial charge is 0.468 e. The number of hydrazine groups is 1. The third-order valence-electron chi connectivity index (χ3n) is 2.81. The first-order valence-electron chi connectivity index (χ1n) is 5.66. The molecule has 0 fully saturated rings. The molecule has 0 aliphatic heterocycles.